The topological polar surface area (TPSA) is 0 Å². The van der Waals surface area contributed by atoms with Gasteiger partial charge in [-0.15, -0.1) is 0 Å². The highest BCUT2D eigenvalue weighted by atomic mass is 14.4. The molecule has 0 fully saturated rings. The molecule has 0 nitrogen and oxygen atoms in total. The van der Waals surface area contributed by atoms with Crippen LogP contribution in [0.25, 0.3) is 11.1 Å². The molecule has 0 saturated heterocycles. The summed E-state index contributed by atoms with van der Waals surface area (Å²) in [6.45, 7) is 14.2. The first-order valence-corrected chi connectivity index (χ1v) is 13.2. The summed E-state index contributed by atoms with van der Waals surface area (Å²) >= 11 is 0. The van der Waals surface area contributed by atoms with Gasteiger partial charge in [0.05, 0.1) is 0 Å². The van der Waals surface area contributed by atoms with Gasteiger partial charge >= 0.3 is 0 Å². The van der Waals surface area contributed by atoms with E-state index in [2.05, 4.69) is 139 Å². The van der Waals surface area contributed by atoms with E-state index in [-0.39, 0.29) is 16.2 Å². The first kappa shape index (κ1) is 23.6. The van der Waals surface area contributed by atoms with E-state index in [4.69, 9.17) is 0 Å². The lowest BCUT2D eigenvalue weighted by Crippen LogP contribution is -2.25. The van der Waals surface area contributed by atoms with Crippen molar-refractivity contribution in [3.63, 3.8) is 0 Å². The van der Waals surface area contributed by atoms with Crippen molar-refractivity contribution >= 4 is 0 Å². The molecule has 0 bridgehead atoms. The average molecular weight is 459 g/mol. The minimum Gasteiger partial charge on any atom is -0.0642 e. The second-order valence-electron chi connectivity index (χ2n) is 11.2. The molecule has 0 saturated carbocycles. The predicted molar refractivity (Wildman–Crippen MR) is 150 cm³/mol. The van der Waals surface area contributed by atoms with E-state index in [1.165, 1.54) is 44.5 Å². The van der Waals surface area contributed by atoms with E-state index >= 15 is 0 Å². The number of rotatable bonds is 6. The molecule has 1 aliphatic rings. The molecule has 4 aromatic carbocycles. The predicted octanol–water partition coefficient (Wildman–Crippen LogP) is 9.42. The fourth-order valence-electron chi connectivity index (χ4n) is 6.19. The third kappa shape index (κ3) is 3.57. The maximum atomic E-state index is 2.50. The first-order chi connectivity index (χ1) is 16.8. The van der Waals surface area contributed by atoms with E-state index in [0.717, 1.165) is 12.8 Å². The molecule has 5 rings (SSSR count). The van der Waals surface area contributed by atoms with Gasteiger partial charge in [-0.2, -0.15) is 0 Å². The third-order valence-corrected chi connectivity index (χ3v) is 9.19. The summed E-state index contributed by atoms with van der Waals surface area (Å²) in [6.07, 6.45) is 2.14. The fourth-order valence-corrected chi connectivity index (χ4v) is 6.19. The van der Waals surface area contributed by atoms with Crippen LogP contribution in [-0.4, -0.2) is 0 Å². The van der Waals surface area contributed by atoms with Gasteiger partial charge in [-0.25, -0.2) is 0 Å². The van der Waals surface area contributed by atoms with Gasteiger partial charge in [0.2, 0.25) is 0 Å². The second-order valence-corrected chi connectivity index (χ2v) is 11.2. The summed E-state index contributed by atoms with van der Waals surface area (Å²) in [5, 5.41) is 0. The van der Waals surface area contributed by atoms with Crippen LogP contribution in [0.4, 0.5) is 0 Å². The van der Waals surface area contributed by atoms with Crippen molar-refractivity contribution in [1.29, 1.82) is 0 Å². The maximum absolute atomic E-state index is 2.50. The Hall–Kier alpha value is -3.12. The van der Waals surface area contributed by atoms with Crippen molar-refractivity contribution in [3.8, 4) is 11.1 Å². The van der Waals surface area contributed by atoms with Crippen molar-refractivity contribution in [2.45, 2.75) is 70.6 Å². The molecule has 0 aliphatic heterocycles. The monoisotopic (exact) mass is 458 g/mol. The third-order valence-electron chi connectivity index (χ3n) is 9.19. The Morgan fingerprint density at radius 1 is 0.514 bits per heavy atom. The maximum Gasteiger partial charge on any atom is 0.0172 e. The number of benzene rings is 4. The highest BCUT2D eigenvalue weighted by Crippen LogP contribution is 2.51. The van der Waals surface area contributed by atoms with E-state index in [1.54, 1.807) is 0 Å². The Bertz CT molecular complexity index is 1240. The van der Waals surface area contributed by atoms with Crippen LogP contribution in [0.1, 0.15) is 87.8 Å². The number of hydrogen-bond donors (Lipinski definition) is 0. The first-order valence-electron chi connectivity index (χ1n) is 13.2. The Kier molecular flexibility index (Phi) is 5.75. The molecule has 35 heavy (non-hydrogen) atoms. The molecule has 0 spiro atoms. The molecular weight excluding hydrogens is 420 g/mol. The molecule has 0 N–H and O–H groups in total. The number of fused-ring (bicyclic) bond motifs is 3. The van der Waals surface area contributed by atoms with Gasteiger partial charge in [-0.05, 0) is 57.3 Å². The number of hydrogen-bond acceptors (Lipinski definition) is 0. The fraction of sp³-hybridized carbons (Fsp3) is 0.314. The van der Waals surface area contributed by atoms with Crippen LogP contribution in [0.3, 0.4) is 0 Å². The van der Waals surface area contributed by atoms with Crippen LogP contribution in [0.2, 0.25) is 0 Å². The molecule has 4 aromatic rings. The van der Waals surface area contributed by atoms with E-state index in [1.807, 2.05) is 0 Å². The van der Waals surface area contributed by atoms with Gasteiger partial charge in [0, 0.05) is 16.2 Å². The summed E-state index contributed by atoms with van der Waals surface area (Å²) in [6, 6.07) is 36.5. The Balaban J connectivity index is 1.62. The summed E-state index contributed by atoms with van der Waals surface area (Å²) in [5.74, 6) is 0. The average Bonchev–Trinajstić information content (AvgIpc) is 3.14. The van der Waals surface area contributed by atoms with E-state index in [0.29, 0.717) is 0 Å². The lowest BCUT2D eigenvalue weighted by molar-refractivity contribution is 0.544. The quantitative estimate of drug-likeness (QED) is 0.270. The highest BCUT2D eigenvalue weighted by Gasteiger charge is 2.39. The van der Waals surface area contributed by atoms with E-state index < -0.39 is 0 Å². The lowest BCUT2D eigenvalue weighted by atomic mass is 9.71. The van der Waals surface area contributed by atoms with Gasteiger partial charge in [0.1, 0.15) is 0 Å². The largest absolute Gasteiger partial charge is 0.0642 e. The van der Waals surface area contributed by atoms with Gasteiger partial charge in [0.15, 0.2) is 0 Å². The van der Waals surface area contributed by atoms with Crippen LogP contribution in [0, 0.1) is 0 Å². The summed E-state index contributed by atoms with van der Waals surface area (Å²) in [4.78, 5) is 0. The lowest BCUT2D eigenvalue weighted by Gasteiger charge is -2.32. The molecule has 0 radical (unpaired) electrons. The van der Waals surface area contributed by atoms with Gasteiger partial charge < -0.3 is 0 Å². The smallest absolute Gasteiger partial charge is 0.0172 e. The molecule has 2 atom stereocenters. The Morgan fingerprint density at radius 3 is 1.23 bits per heavy atom. The summed E-state index contributed by atoms with van der Waals surface area (Å²) < 4.78 is 0. The molecule has 2 unspecified atom stereocenters. The van der Waals surface area contributed by atoms with Crippen molar-refractivity contribution in [1.82, 2.24) is 0 Å². The van der Waals surface area contributed by atoms with Crippen molar-refractivity contribution in [2.75, 3.05) is 0 Å². The van der Waals surface area contributed by atoms with Gasteiger partial charge in [-0.3, -0.25) is 0 Å². The van der Waals surface area contributed by atoms with Crippen molar-refractivity contribution in [2.24, 2.45) is 0 Å². The second kappa shape index (κ2) is 8.52. The van der Waals surface area contributed by atoms with Crippen LogP contribution < -0.4 is 0 Å². The highest BCUT2D eigenvalue weighted by molar-refractivity contribution is 5.81. The van der Waals surface area contributed by atoms with Crippen LogP contribution in [0.15, 0.2) is 97.1 Å². The normalized spacial score (nSPS) is 17.2. The zero-order chi connectivity index (χ0) is 24.8. The molecule has 178 valence electrons. The zero-order valence-electron chi connectivity index (χ0n) is 22.2. The summed E-state index contributed by atoms with van der Waals surface area (Å²) in [5.41, 5.74) is 11.3. The SMILES string of the molecule is CCC(C)(c1ccccc1)c1ccc2c(c1)C(C)(C)c1cc(C(C)(CC)c3ccccc3)ccc1-2. The van der Waals surface area contributed by atoms with E-state index in [9.17, 15) is 0 Å². The van der Waals surface area contributed by atoms with Crippen molar-refractivity contribution in [3.05, 3.63) is 130 Å². The summed E-state index contributed by atoms with van der Waals surface area (Å²) in [7, 11) is 0. The van der Waals surface area contributed by atoms with Crippen LogP contribution >= 0.6 is 0 Å². The molecule has 0 heteroatoms. The van der Waals surface area contributed by atoms with Gasteiger partial charge in [-0.1, -0.05) is 139 Å². The molecule has 1 aliphatic carbocycles. The standard InChI is InChI=1S/C35H38/c1-7-34(5,25-15-11-9-12-16-25)27-19-21-29-30-22-20-28(24-32(30)33(3,4)31(29)23-27)35(6,8-2)26-17-13-10-14-18-26/h9-24H,7-8H2,1-6H3. The molecular formula is C35H38. The molecule has 0 amide bonds. The zero-order valence-corrected chi connectivity index (χ0v) is 22.2. The van der Waals surface area contributed by atoms with Crippen molar-refractivity contribution < 1.29 is 0 Å². The van der Waals surface area contributed by atoms with Gasteiger partial charge in [0.25, 0.3) is 0 Å². The Labute approximate surface area is 212 Å². The Morgan fingerprint density at radius 2 is 0.886 bits per heavy atom. The van der Waals surface area contributed by atoms with Crippen LogP contribution in [-0.2, 0) is 16.2 Å². The van der Waals surface area contributed by atoms with Crippen LogP contribution in [0.5, 0.6) is 0 Å². The molecule has 0 heterocycles. The minimum absolute atomic E-state index is 0.000394. The molecule has 0 aromatic heterocycles. The minimum atomic E-state index is -0.0344.